The van der Waals surface area contributed by atoms with Gasteiger partial charge in [-0.3, -0.25) is 4.90 Å². The molecule has 3 aliphatic rings. The van der Waals surface area contributed by atoms with Crippen LogP contribution in [0, 0.1) is 5.92 Å². The molecule has 4 rings (SSSR count). The van der Waals surface area contributed by atoms with Crippen molar-refractivity contribution < 1.29 is 9.47 Å². The molecule has 3 saturated heterocycles. The molecule has 3 fully saturated rings. The second-order valence-corrected chi connectivity index (χ2v) is 7.85. The predicted octanol–water partition coefficient (Wildman–Crippen LogP) is 2.16. The summed E-state index contributed by atoms with van der Waals surface area (Å²) in [5.74, 6) is 2.56. The van der Waals surface area contributed by atoms with E-state index in [0.717, 1.165) is 30.5 Å². The van der Waals surface area contributed by atoms with Gasteiger partial charge < -0.3 is 19.3 Å². The van der Waals surface area contributed by atoms with Crippen LogP contribution in [-0.2, 0) is 6.54 Å². The fourth-order valence-electron chi connectivity index (χ4n) is 4.17. The van der Waals surface area contributed by atoms with Gasteiger partial charge in [0.1, 0.15) is 6.61 Å². The van der Waals surface area contributed by atoms with Gasteiger partial charge in [-0.15, -0.1) is 0 Å². The van der Waals surface area contributed by atoms with Crippen molar-refractivity contribution in [3.8, 4) is 11.5 Å². The lowest BCUT2D eigenvalue weighted by molar-refractivity contribution is 0.122. The summed E-state index contributed by atoms with van der Waals surface area (Å²) in [4.78, 5) is 7.30. The molecule has 0 saturated carbocycles. The average molecular weight is 348 g/mol. The summed E-state index contributed by atoms with van der Waals surface area (Å²) in [5.41, 5.74) is 1.24. The topological polar surface area (TPSA) is 28.2 Å². The number of benzene rings is 1. The van der Waals surface area contributed by atoms with Crippen molar-refractivity contribution in [3.05, 3.63) is 23.8 Å². The summed E-state index contributed by atoms with van der Waals surface area (Å²) in [7, 11) is 8.12. The number of ether oxygens (including phenoxy) is 2. The van der Waals surface area contributed by atoms with E-state index >= 15 is 0 Å². The van der Waals surface area contributed by atoms with Gasteiger partial charge >= 0.3 is 0 Å². The lowest BCUT2D eigenvalue weighted by atomic mass is 9.94. The van der Waals surface area contributed by atoms with Gasteiger partial charge in [0.15, 0.2) is 11.5 Å². The molecule has 5 nitrogen and oxygen atoms in total. The molecule has 2 atom stereocenters. The molecule has 0 radical (unpaired) electrons. The largest absolute Gasteiger partial charge is 0.493 e. The summed E-state index contributed by atoms with van der Waals surface area (Å²) in [5, 5.41) is 0. The average Bonchev–Trinajstić information content (AvgIpc) is 2.84. The van der Waals surface area contributed by atoms with E-state index in [2.05, 4.69) is 48.0 Å². The van der Waals surface area contributed by atoms with Crippen molar-refractivity contribution in [3.63, 3.8) is 0 Å². The number of rotatable bonds is 7. The summed E-state index contributed by atoms with van der Waals surface area (Å²) in [6.07, 6.45) is 2.69. The minimum Gasteiger partial charge on any atom is -0.493 e. The van der Waals surface area contributed by atoms with Gasteiger partial charge in [-0.2, -0.15) is 0 Å². The SMILES string of the molecule is COc1cccc(CN2C[C@H]3CC[C@@H]2CN(C)C3)c1OCCN(C)C. The van der Waals surface area contributed by atoms with Crippen LogP contribution in [0.2, 0.25) is 0 Å². The molecule has 3 heterocycles. The normalized spacial score (nSPS) is 24.5. The van der Waals surface area contributed by atoms with E-state index in [1.807, 2.05) is 6.07 Å². The van der Waals surface area contributed by atoms with Crippen molar-refractivity contribution in [1.29, 1.82) is 0 Å². The number of likely N-dealkylation sites (N-methyl/N-ethyl adjacent to an activating group) is 2. The molecule has 0 amide bonds. The third-order valence-electron chi connectivity index (χ3n) is 5.45. The van der Waals surface area contributed by atoms with Crippen LogP contribution in [0.1, 0.15) is 18.4 Å². The summed E-state index contributed by atoms with van der Waals surface area (Å²) in [6, 6.07) is 6.92. The number of piperidine rings is 1. The lowest BCUT2D eigenvalue weighted by Crippen LogP contribution is -2.43. The molecule has 140 valence electrons. The quantitative estimate of drug-likeness (QED) is 0.754. The highest BCUT2D eigenvalue weighted by atomic mass is 16.5. The first-order valence-corrected chi connectivity index (χ1v) is 9.42. The van der Waals surface area contributed by atoms with Gasteiger partial charge in [-0.05, 0) is 46.0 Å². The van der Waals surface area contributed by atoms with Crippen LogP contribution in [0.25, 0.3) is 0 Å². The molecular formula is C20H33N3O2. The number of para-hydroxylation sites is 1. The Morgan fingerprint density at radius 2 is 2.00 bits per heavy atom. The molecule has 25 heavy (non-hydrogen) atoms. The molecule has 0 N–H and O–H groups in total. The number of fused-ring (bicyclic) bond motifs is 4. The first-order valence-electron chi connectivity index (χ1n) is 9.42. The van der Waals surface area contributed by atoms with Crippen LogP contribution in [0.3, 0.4) is 0 Å². The number of hydrogen-bond acceptors (Lipinski definition) is 5. The zero-order chi connectivity index (χ0) is 17.8. The molecular weight excluding hydrogens is 314 g/mol. The molecule has 0 spiro atoms. The highest BCUT2D eigenvalue weighted by Crippen LogP contribution is 2.35. The molecule has 0 aromatic heterocycles. The van der Waals surface area contributed by atoms with Gasteiger partial charge in [0.05, 0.1) is 7.11 Å². The second kappa shape index (κ2) is 8.39. The maximum atomic E-state index is 6.14. The maximum Gasteiger partial charge on any atom is 0.165 e. The van der Waals surface area contributed by atoms with Crippen LogP contribution in [0.4, 0.5) is 0 Å². The Morgan fingerprint density at radius 3 is 2.76 bits per heavy atom. The molecule has 1 aromatic rings. The Morgan fingerprint density at radius 1 is 1.16 bits per heavy atom. The van der Waals surface area contributed by atoms with E-state index in [1.54, 1.807) is 7.11 Å². The Hall–Kier alpha value is -1.30. The second-order valence-electron chi connectivity index (χ2n) is 7.85. The number of methoxy groups -OCH3 is 1. The molecule has 0 aliphatic carbocycles. The third-order valence-corrected chi connectivity index (χ3v) is 5.45. The van der Waals surface area contributed by atoms with Crippen LogP contribution in [0.5, 0.6) is 11.5 Å². The van der Waals surface area contributed by atoms with E-state index in [-0.39, 0.29) is 0 Å². The van der Waals surface area contributed by atoms with Gasteiger partial charge in [0, 0.05) is 44.3 Å². The van der Waals surface area contributed by atoms with Gasteiger partial charge in [0.25, 0.3) is 0 Å². The molecule has 1 aromatic carbocycles. The highest BCUT2D eigenvalue weighted by Gasteiger charge is 2.33. The maximum absolute atomic E-state index is 6.14. The van der Waals surface area contributed by atoms with Gasteiger partial charge in [-0.1, -0.05) is 12.1 Å². The van der Waals surface area contributed by atoms with Gasteiger partial charge in [-0.25, -0.2) is 0 Å². The van der Waals surface area contributed by atoms with Crippen LogP contribution < -0.4 is 9.47 Å². The number of nitrogens with zero attached hydrogens (tertiary/aromatic N) is 3. The van der Waals surface area contributed by atoms with E-state index < -0.39 is 0 Å². The van der Waals surface area contributed by atoms with Gasteiger partial charge in [0.2, 0.25) is 0 Å². The van der Waals surface area contributed by atoms with E-state index in [0.29, 0.717) is 12.6 Å². The number of hydrogen-bond donors (Lipinski definition) is 0. The van der Waals surface area contributed by atoms with Crippen LogP contribution in [0.15, 0.2) is 18.2 Å². The molecule has 3 aliphatic heterocycles. The first kappa shape index (κ1) is 18.5. The van der Waals surface area contributed by atoms with Crippen molar-refractivity contribution in [2.24, 2.45) is 5.92 Å². The summed E-state index contributed by atoms with van der Waals surface area (Å²) >= 11 is 0. The minimum atomic E-state index is 0.657. The monoisotopic (exact) mass is 347 g/mol. The van der Waals surface area contributed by atoms with E-state index in [4.69, 9.17) is 9.47 Å². The third kappa shape index (κ3) is 4.66. The fourth-order valence-corrected chi connectivity index (χ4v) is 4.17. The summed E-state index contributed by atoms with van der Waals surface area (Å²) in [6.45, 7) is 6.13. The molecule has 0 unspecified atom stereocenters. The molecule has 5 heteroatoms. The lowest BCUT2D eigenvalue weighted by Gasteiger charge is -2.36. The minimum absolute atomic E-state index is 0.657. The van der Waals surface area contributed by atoms with Crippen molar-refractivity contribution in [2.75, 3.05) is 61.0 Å². The smallest absolute Gasteiger partial charge is 0.165 e. The van der Waals surface area contributed by atoms with E-state index in [1.165, 1.54) is 38.0 Å². The van der Waals surface area contributed by atoms with Crippen LogP contribution in [-0.4, -0.2) is 81.8 Å². The Balaban J connectivity index is 1.75. The van der Waals surface area contributed by atoms with Crippen LogP contribution >= 0.6 is 0 Å². The standard InChI is InChI=1S/C20H33N3O2/c1-21(2)10-11-25-20-17(6-5-7-19(20)24-4)14-23-13-16-8-9-18(23)15-22(3)12-16/h5-7,16,18H,8-15H2,1-4H3/t16-,18+/m0/s1. The first-order chi connectivity index (χ1) is 12.1. The predicted molar refractivity (Wildman–Crippen MR) is 101 cm³/mol. The van der Waals surface area contributed by atoms with Crippen molar-refractivity contribution in [1.82, 2.24) is 14.7 Å². The van der Waals surface area contributed by atoms with Crippen molar-refractivity contribution in [2.45, 2.75) is 25.4 Å². The van der Waals surface area contributed by atoms with Crippen molar-refractivity contribution >= 4 is 0 Å². The highest BCUT2D eigenvalue weighted by molar-refractivity contribution is 5.46. The summed E-state index contributed by atoms with van der Waals surface area (Å²) < 4.78 is 11.7. The Bertz CT molecular complexity index is 564. The Kier molecular flexibility index (Phi) is 6.20. The fraction of sp³-hybridized carbons (Fsp3) is 0.700. The zero-order valence-electron chi connectivity index (χ0n) is 16.2. The molecule has 2 bridgehead atoms. The zero-order valence-corrected chi connectivity index (χ0v) is 16.2. The van der Waals surface area contributed by atoms with E-state index in [9.17, 15) is 0 Å². The Labute approximate surface area is 152 Å².